The SMILES string of the molecule is Cc1ccc(/C=N/c2ccccc2C)o1. The zero-order valence-corrected chi connectivity index (χ0v) is 8.90. The molecule has 0 atom stereocenters. The quantitative estimate of drug-likeness (QED) is 0.678. The molecule has 0 fully saturated rings. The highest BCUT2D eigenvalue weighted by Crippen LogP contribution is 2.17. The first-order valence-electron chi connectivity index (χ1n) is 4.92. The first kappa shape index (κ1) is 9.71. The van der Waals surface area contributed by atoms with Crippen LogP contribution in [0.3, 0.4) is 0 Å². The Morgan fingerprint density at radius 1 is 1.07 bits per heavy atom. The molecule has 0 unspecified atom stereocenters. The molecule has 2 rings (SSSR count). The Kier molecular flexibility index (Phi) is 2.68. The molecule has 0 N–H and O–H groups in total. The first-order valence-corrected chi connectivity index (χ1v) is 4.92. The summed E-state index contributed by atoms with van der Waals surface area (Å²) in [4.78, 5) is 4.37. The van der Waals surface area contributed by atoms with Crippen molar-refractivity contribution in [1.82, 2.24) is 0 Å². The highest BCUT2D eigenvalue weighted by Gasteiger charge is 1.95. The topological polar surface area (TPSA) is 25.5 Å². The fourth-order valence-electron chi connectivity index (χ4n) is 1.36. The van der Waals surface area contributed by atoms with Crippen LogP contribution in [0.25, 0.3) is 0 Å². The van der Waals surface area contributed by atoms with Crippen LogP contribution in [0.2, 0.25) is 0 Å². The number of hydrogen-bond donors (Lipinski definition) is 0. The fourth-order valence-corrected chi connectivity index (χ4v) is 1.36. The molecule has 1 aromatic heterocycles. The van der Waals surface area contributed by atoms with E-state index in [0.29, 0.717) is 0 Å². The number of aliphatic imine (C=N–C) groups is 1. The van der Waals surface area contributed by atoms with Crippen molar-refractivity contribution in [1.29, 1.82) is 0 Å². The minimum absolute atomic E-state index is 0.788. The molecule has 0 saturated heterocycles. The Balaban J connectivity index is 2.22. The average molecular weight is 199 g/mol. The molecule has 0 amide bonds. The van der Waals surface area contributed by atoms with Crippen LogP contribution < -0.4 is 0 Å². The molecule has 15 heavy (non-hydrogen) atoms. The number of hydrogen-bond acceptors (Lipinski definition) is 2. The van der Waals surface area contributed by atoms with Crippen molar-refractivity contribution in [2.75, 3.05) is 0 Å². The van der Waals surface area contributed by atoms with Gasteiger partial charge in [-0.25, -0.2) is 0 Å². The third-order valence-corrected chi connectivity index (χ3v) is 2.21. The molecule has 0 saturated carbocycles. The van der Waals surface area contributed by atoms with Crippen molar-refractivity contribution in [2.45, 2.75) is 13.8 Å². The van der Waals surface area contributed by atoms with Crippen molar-refractivity contribution < 1.29 is 4.42 Å². The second kappa shape index (κ2) is 4.13. The summed E-state index contributed by atoms with van der Waals surface area (Å²) in [5.41, 5.74) is 2.14. The number of aryl methyl sites for hydroxylation is 2. The summed E-state index contributed by atoms with van der Waals surface area (Å²) >= 11 is 0. The van der Waals surface area contributed by atoms with Crippen molar-refractivity contribution in [3.05, 3.63) is 53.5 Å². The van der Waals surface area contributed by atoms with Gasteiger partial charge in [0.2, 0.25) is 0 Å². The van der Waals surface area contributed by atoms with E-state index in [1.807, 2.05) is 50.2 Å². The fraction of sp³-hybridized carbons (Fsp3) is 0.154. The van der Waals surface area contributed by atoms with Crippen LogP contribution in [0.5, 0.6) is 0 Å². The maximum Gasteiger partial charge on any atom is 0.145 e. The smallest absolute Gasteiger partial charge is 0.145 e. The Labute approximate surface area is 89.3 Å². The Hall–Kier alpha value is -1.83. The van der Waals surface area contributed by atoms with Gasteiger partial charge in [0.15, 0.2) is 0 Å². The lowest BCUT2D eigenvalue weighted by Gasteiger charge is -1.96. The Morgan fingerprint density at radius 3 is 2.53 bits per heavy atom. The first-order chi connectivity index (χ1) is 7.25. The normalized spacial score (nSPS) is 11.1. The van der Waals surface area contributed by atoms with E-state index in [-0.39, 0.29) is 0 Å². The Morgan fingerprint density at radius 2 is 1.87 bits per heavy atom. The lowest BCUT2D eigenvalue weighted by Crippen LogP contribution is -1.76. The molecule has 76 valence electrons. The molecule has 2 aromatic rings. The summed E-state index contributed by atoms with van der Waals surface area (Å²) < 4.78 is 5.40. The molecule has 1 heterocycles. The molecule has 1 aromatic carbocycles. The van der Waals surface area contributed by atoms with Crippen molar-refractivity contribution >= 4 is 11.9 Å². The summed E-state index contributed by atoms with van der Waals surface area (Å²) in [7, 11) is 0. The lowest BCUT2D eigenvalue weighted by molar-refractivity contribution is 0.528. The molecule has 0 radical (unpaired) electrons. The van der Waals surface area contributed by atoms with E-state index in [9.17, 15) is 0 Å². The van der Waals surface area contributed by atoms with E-state index in [1.165, 1.54) is 0 Å². The van der Waals surface area contributed by atoms with E-state index in [4.69, 9.17) is 4.42 Å². The second-order valence-electron chi connectivity index (χ2n) is 3.49. The van der Waals surface area contributed by atoms with Crippen LogP contribution >= 0.6 is 0 Å². The summed E-state index contributed by atoms with van der Waals surface area (Å²) in [5, 5.41) is 0. The zero-order chi connectivity index (χ0) is 10.7. The van der Waals surface area contributed by atoms with Crippen LogP contribution in [0.4, 0.5) is 5.69 Å². The summed E-state index contributed by atoms with van der Waals surface area (Å²) in [6, 6.07) is 11.9. The number of para-hydroxylation sites is 1. The highest BCUT2D eigenvalue weighted by molar-refractivity contribution is 5.79. The average Bonchev–Trinajstić information content (AvgIpc) is 2.63. The van der Waals surface area contributed by atoms with Crippen molar-refractivity contribution in [2.24, 2.45) is 4.99 Å². The van der Waals surface area contributed by atoms with Gasteiger partial charge >= 0.3 is 0 Å². The van der Waals surface area contributed by atoms with E-state index >= 15 is 0 Å². The van der Waals surface area contributed by atoms with Crippen molar-refractivity contribution in [3.63, 3.8) is 0 Å². The molecular weight excluding hydrogens is 186 g/mol. The van der Waals surface area contributed by atoms with Gasteiger partial charge in [-0.1, -0.05) is 18.2 Å². The lowest BCUT2D eigenvalue weighted by atomic mass is 10.2. The molecule has 2 nitrogen and oxygen atoms in total. The highest BCUT2D eigenvalue weighted by atomic mass is 16.3. The third-order valence-electron chi connectivity index (χ3n) is 2.21. The molecule has 0 aliphatic heterocycles. The van der Waals surface area contributed by atoms with Crippen LogP contribution in [-0.2, 0) is 0 Å². The van der Waals surface area contributed by atoms with Crippen LogP contribution in [0.1, 0.15) is 17.1 Å². The van der Waals surface area contributed by atoms with Gasteiger partial charge < -0.3 is 4.42 Å². The van der Waals surface area contributed by atoms with E-state index in [0.717, 1.165) is 22.8 Å². The number of nitrogens with zero attached hydrogens (tertiary/aromatic N) is 1. The maximum absolute atomic E-state index is 5.40. The van der Waals surface area contributed by atoms with Gasteiger partial charge in [0, 0.05) is 0 Å². The molecule has 0 aliphatic rings. The van der Waals surface area contributed by atoms with Gasteiger partial charge in [0.05, 0.1) is 11.9 Å². The van der Waals surface area contributed by atoms with Gasteiger partial charge in [-0.2, -0.15) is 0 Å². The number of rotatable bonds is 2. The molecule has 2 heteroatoms. The van der Waals surface area contributed by atoms with Crippen LogP contribution in [-0.4, -0.2) is 6.21 Å². The van der Waals surface area contributed by atoms with Crippen molar-refractivity contribution in [3.8, 4) is 0 Å². The largest absolute Gasteiger partial charge is 0.460 e. The number of furan rings is 1. The summed E-state index contributed by atoms with van der Waals surface area (Å²) in [5.74, 6) is 1.69. The standard InChI is InChI=1S/C13H13NO/c1-10-5-3-4-6-13(10)14-9-12-8-7-11(2)15-12/h3-9H,1-2H3/b14-9+. The van der Waals surface area contributed by atoms with E-state index in [2.05, 4.69) is 4.99 Å². The van der Waals surface area contributed by atoms with Gasteiger partial charge in [-0.3, -0.25) is 4.99 Å². The zero-order valence-electron chi connectivity index (χ0n) is 8.90. The van der Waals surface area contributed by atoms with Gasteiger partial charge in [-0.05, 0) is 37.6 Å². The predicted molar refractivity (Wildman–Crippen MR) is 61.9 cm³/mol. The predicted octanol–water partition coefficient (Wildman–Crippen LogP) is 3.65. The second-order valence-corrected chi connectivity index (χ2v) is 3.49. The summed E-state index contributed by atoms with van der Waals surface area (Å²) in [6.07, 6.45) is 1.75. The monoisotopic (exact) mass is 199 g/mol. The maximum atomic E-state index is 5.40. The summed E-state index contributed by atoms with van der Waals surface area (Å²) in [6.45, 7) is 3.96. The van der Waals surface area contributed by atoms with Crippen LogP contribution in [0, 0.1) is 13.8 Å². The van der Waals surface area contributed by atoms with Gasteiger partial charge in [0.1, 0.15) is 11.5 Å². The van der Waals surface area contributed by atoms with Crippen LogP contribution in [0.15, 0.2) is 45.8 Å². The third kappa shape index (κ3) is 2.34. The minimum Gasteiger partial charge on any atom is -0.460 e. The molecule has 0 spiro atoms. The van der Waals surface area contributed by atoms with E-state index in [1.54, 1.807) is 6.21 Å². The van der Waals surface area contributed by atoms with Gasteiger partial charge in [-0.15, -0.1) is 0 Å². The van der Waals surface area contributed by atoms with Gasteiger partial charge in [0.25, 0.3) is 0 Å². The molecular formula is C13H13NO. The Bertz CT molecular complexity index is 483. The molecule has 0 aliphatic carbocycles. The number of benzene rings is 1. The molecule has 0 bridgehead atoms. The van der Waals surface area contributed by atoms with E-state index < -0.39 is 0 Å². The minimum atomic E-state index is 0.788.